The average molecular weight is 330 g/mol. The zero-order valence-corrected chi connectivity index (χ0v) is 14.5. The smallest absolute Gasteiger partial charge is 0.194 e. The summed E-state index contributed by atoms with van der Waals surface area (Å²) >= 11 is 0. The zero-order chi connectivity index (χ0) is 17.5. The maximum absolute atomic E-state index is 9.28. The number of benzene rings is 2. The van der Waals surface area contributed by atoms with Gasteiger partial charge in [-0.15, -0.1) is 0 Å². The molecule has 0 saturated carbocycles. The average Bonchev–Trinajstić information content (AvgIpc) is 2.53. The quantitative estimate of drug-likeness (QED) is 0.717. The van der Waals surface area contributed by atoms with Gasteiger partial charge in [0.25, 0.3) is 0 Å². The van der Waals surface area contributed by atoms with Crippen LogP contribution in [0.4, 0.5) is 0 Å². The van der Waals surface area contributed by atoms with Crippen LogP contribution in [0.3, 0.4) is 0 Å². The lowest BCUT2D eigenvalue weighted by atomic mass is 9.87. The molecule has 0 aliphatic carbocycles. The van der Waals surface area contributed by atoms with Gasteiger partial charge in [0.1, 0.15) is 11.5 Å². The standard InChI is InChI=1S/C20H26O4/c1-4-5-20(16-6-10-18(11-7-16)23-14(2)21)17-8-12-19(13-9-17)24-15(3)22/h6-15,20-22H,4-5H2,1-3H3. The van der Waals surface area contributed by atoms with E-state index in [1.165, 1.54) is 11.1 Å². The SMILES string of the molecule is CCCC(c1ccc(OC(C)O)cc1)c1ccc(OC(C)O)cc1. The number of aliphatic hydroxyl groups is 2. The van der Waals surface area contributed by atoms with E-state index in [9.17, 15) is 10.2 Å². The molecule has 0 saturated heterocycles. The predicted octanol–water partition coefficient (Wildman–Crippen LogP) is 4.05. The summed E-state index contributed by atoms with van der Waals surface area (Å²) in [6.07, 6.45) is 0.475. The molecule has 130 valence electrons. The third-order valence-corrected chi connectivity index (χ3v) is 3.76. The highest BCUT2D eigenvalue weighted by molar-refractivity contribution is 5.38. The fraction of sp³-hybridized carbons (Fsp3) is 0.400. The molecule has 4 nitrogen and oxygen atoms in total. The second-order valence-corrected chi connectivity index (χ2v) is 5.91. The maximum atomic E-state index is 9.28. The van der Waals surface area contributed by atoms with E-state index >= 15 is 0 Å². The molecule has 2 N–H and O–H groups in total. The van der Waals surface area contributed by atoms with Gasteiger partial charge in [-0.05, 0) is 55.7 Å². The fourth-order valence-electron chi connectivity index (χ4n) is 2.77. The third-order valence-electron chi connectivity index (χ3n) is 3.76. The molecule has 0 bridgehead atoms. The minimum atomic E-state index is -0.816. The van der Waals surface area contributed by atoms with Crippen LogP contribution in [0.5, 0.6) is 11.5 Å². The Morgan fingerprint density at radius 2 is 1.12 bits per heavy atom. The summed E-state index contributed by atoms with van der Waals surface area (Å²) in [4.78, 5) is 0. The second kappa shape index (κ2) is 8.71. The Balaban J connectivity index is 2.19. The van der Waals surface area contributed by atoms with Crippen molar-refractivity contribution in [2.45, 2.75) is 52.1 Å². The Labute approximate surface area is 143 Å². The second-order valence-electron chi connectivity index (χ2n) is 5.91. The topological polar surface area (TPSA) is 58.9 Å². The molecule has 2 aromatic rings. The van der Waals surface area contributed by atoms with Gasteiger partial charge >= 0.3 is 0 Å². The highest BCUT2D eigenvalue weighted by atomic mass is 16.6. The van der Waals surface area contributed by atoms with Crippen molar-refractivity contribution in [3.8, 4) is 11.5 Å². The van der Waals surface area contributed by atoms with Crippen LogP contribution >= 0.6 is 0 Å². The molecule has 0 amide bonds. The van der Waals surface area contributed by atoms with Crippen LogP contribution in [0.15, 0.2) is 48.5 Å². The van der Waals surface area contributed by atoms with Crippen molar-refractivity contribution in [1.29, 1.82) is 0 Å². The van der Waals surface area contributed by atoms with Gasteiger partial charge in [-0.1, -0.05) is 37.6 Å². The molecule has 0 aliphatic rings. The lowest BCUT2D eigenvalue weighted by Crippen LogP contribution is -2.10. The Bertz CT molecular complexity index is 549. The van der Waals surface area contributed by atoms with E-state index in [0.717, 1.165) is 12.8 Å². The number of aliphatic hydroxyl groups excluding tert-OH is 2. The van der Waals surface area contributed by atoms with E-state index in [0.29, 0.717) is 11.5 Å². The van der Waals surface area contributed by atoms with Crippen LogP contribution in [0.1, 0.15) is 50.7 Å². The first-order valence-corrected chi connectivity index (χ1v) is 8.39. The number of rotatable bonds is 8. The van der Waals surface area contributed by atoms with Gasteiger partial charge in [0.2, 0.25) is 0 Å². The van der Waals surface area contributed by atoms with E-state index in [1.54, 1.807) is 13.8 Å². The van der Waals surface area contributed by atoms with Crippen LogP contribution in [-0.4, -0.2) is 22.8 Å². The van der Waals surface area contributed by atoms with Crippen LogP contribution in [-0.2, 0) is 0 Å². The van der Waals surface area contributed by atoms with Crippen molar-refractivity contribution in [3.05, 3.63) is 59.7 Å². The minimum absolute atomic E-state index is 0.288. The molecular weight excluding hydrogens is 304 g/mol. The molecule has 0 spiro atoms. The first kappa shape index (κ1) is 18.3. The summed E-state index contributed by atoms with van der Waals surface area (Å²) in [6.45, 7) is 5.35. The van der Waals surface area contributed by atoms with Crippen LogP contribution < -0.4 is 9.47 Å². The Morgan fingerprint density at radius 1 is 0.750 bits per heavy atom. The molecule has 0 aromatic heterocycles. The van der Waals surface area contributed by atoms with Crippen molar-refractivity contribution in [2.75, 3.05) is 0 Å². The first-order valence-electron chi connectivity index (χ1n) is 8.39. The first-order chi connectivity index (χ1) is 11.5. The van der Waals surface area contributed by atoms with Crippen molar-refractivity contribution < 1.29 is 19.7 Å². The van der Waals surface area contributed by atoms with E-state index in [1.807, 2.05) is 48.5 Å². The zero-order valence-electron chi connectivity index (χ0n) is 14.5. The molecule has 2 rings (SSSR count). The molecular formula is C20H26O4. The number of hydrogen-bond acceptors (Lipinski definition) is 4. The summed E-state index contributed by atoms with van der Waals surface area (Å²) in [5.74, 6) is 1.60. The molecule has 4 heteroatoms. The monoisotopic (exact) mass is 330 g/mol. The minimum Gasteiger partial charge on any atom is -0.465 e. The molecule has 24 heavy (non-hydrogen) atoms. The lowest BCUT2D eigenvalue weighted by Gasteiger charge is -2.19. The van der Waals surface area contributed by atoms with Crippen molar-refractivity contribution in [1.82, 2.24) is 0 Å². The van der Waals surface area contributed by atoms with Gasteiger partial charge in [-0.3, -0.25) is 0 Å². The lowest BCUT2D eigenvalue weighted by molar-refractivity contribution is -0.000873. The molecule has 2 aromatic carbocycles. The van der Waals surface area contributed by atoms with Crippen molar-refractivity contribution in [3.63, 3.8) is 0 Å². The summed E-state index contributed by atoms with van der Waals surface area (Å²) in [5.41, 5.74) is 2.41. The Morgan fingerprint density at radius 3 is 1.42 bits per heavy atom. The molecule has 0 fully saturated rings. The highest BCUT2D eigenvalue weighted by Crippen LogP contribution is 2.31. The summed E-state index contributed by atoms with van der Waals surface area (Å²) in [5, 5.41) is 18.6. The van der Waals surface area contributed by atoms with E-state index in [2.05, 4.69) is 6.92 Å². The Kier molecular flexibility index (Phi) is 6.64. The number of ether oxygens (including phenoxy) is 2. The number of hydrogen-bond donors (Lipinski definition) is 2. The van der Waals surface area contributed by atoms with Crippen molar-refractivity contribution in [2.24, 2.45) is 0 Å². The van der Waals surface area contributed by atoms with Gasteiger partial charge in [0.15, 0.2) is 12.6 Å². The van der Waals surface area contributed by atoms with Crippen molar-refractivity contribution >= 4 is 0 Å². The summed E-state index contributed by atoms with van der Waals surface area (Å²) in [6, 6.07) is 15.7. The predicted molar refractivity (Wildman–Crippen MR) is 94.3 cm³/mol. The van der Waals surface area contributed by atoms with Crippen LogP contribution in [0.25, 0.3) is 0 Å². The van der Waals surface area contributed by atoms with Gasteiger partial charge in [0, 0.05) is 5.92 Å². The molecule has 2 unspecified atom stereocenters. The van der Waals surface area contributed by atoms with E-state index in [-0.39, 0.29) is 5.92 Å². The summed E-state index contributed by atoms with van der Waals surface area (Å²) < 4.78 is 10.6. The van der Waals surface area contributed by atoms with E-state index < -0.39 is 12.6 Å². The fourth-order valence-corrected chi connectivity index (χ4v) is 2.77. The Hall–Kier alpha value is -2.04. The highest BCUT2D eigenvalue weighted by Gasteiger charge is 2.14. The molecule has 0 radical (unpaired) electrons. The van der Waals surface area contributed by atoms with Gasteiger partial charge in [-0.2, -0.15) is 0 Å². The van der Waals surface area contributed by atoms with Crippen LogP contribution in [0.2, 0.25) is 0 Å². The molecule has 2 atom stereocenters. The third kappa shape index (κ3) is 5.25. The molecule has 0 heterocycles. The van der Waals surface area contributed by atoms with Crippen LogP contribution in [0, 0.1) is 0 Å². The van der Waals surface area contributed by atoms with E-state index in [4.69, 9.17) is 9.47 Å². The van der Waals surface area contributed by atoms with Gasteiger partial charge in [0.05, 0.1) is 0 Å². The van der Waals surface area contributed by atoms with Gasteiger partial charge < -0.3 is 19.7 Å². The largest absolute Gasteiger partial charge is 0.465 e. The maximum Gasteiger partial charge on any atom is 0.194 e. The van der Waals surface area contributed by atoms with Gasteiger partial charge in [-0.25, -0.2) is 0 Å². The normalized spacial score (nSPS) is 14.7. The summed E-state index contributed by atoms with van der Waals surface area (Å²) in [7, 11) is 0. The molecule has 0 aliphatic heterocycles.